The van der Waals surface area contributed by atoms with E-state index in [1.165, 1.54) is 7.11 Å². The van der Waals surface area contributed by atoms with Crippen LogP contribution in [0, 0.1) is 6.92 Å². The first kappa shape index (κ1) is 24.5. The molecule has 0 spiro atoms. The highest BCUT2D eigenvalue weighted by atomic mass is 16.5. The van der Waals surface area contributed by atoms with Crippen molar-refractivity contribution in [1.82, 2.24) is 10.2 Å². The van der Waals surface area contributed by atoms with Crippen LogP contribution < -0.4 is 20.7 Å². The monoisotopic (exact) mass is 486 g/mol. The van der Waals surface area contributed by atoms with Gasteiger partial charge in [-0.15, -0.1) is 0 Å². The highest BCUT2D eigenvalue weighted by Gasteiger charge is 2.49. The summed E-state index contributed by atoms with van der Waals surface area (Å²) in [5.74, 6) is -0.853. The summed E-state index contributed by atoms with van der Waals surface area (Å²) in [7, 11) is 1.52. The van der Waals surface area contributed by atoms with Crippen LogP contribution in [0.3, 0.4) is 0 Å². The van der Waals surface area contributed by atoms with Gasteiger partial charge >= 0.3 is 6.03 Å². The van der Waals surface area contributed by atoms with Gasteiger partial charge in [0.15, 0.2) is 0 Å². The van der Waals surface area contributed by atoms with Gasteiger partial charge in [0, 0.05) is 11.3 Å². The molecule has 4 rings (SSSR count). The molecule has 9 heteroatoms. The molecule has 3 N–H and O–H groups in total. The average Bonchev–Trinajstić information content (AvgIpc) is 3.08. The summed E-state index contributed by atoms with van der Waals surface area (Å²) >= 11 is 0. The van der Waals surface area contributed by atoms with E-state index in [0.29, 0.717) is 28.3 Å². The Morgan fingerprint density at radius 2 is 1.61 bits per heavy atom. The van der Waals surface area contributed by atoms with Gasteiger partial charge in [-0.3, -0.25) is 19.3 Å². The SMILES string of the molecule is COc1ccccc1NC(=O)c1ccc(NC(=O)CN2C(=O)N[C@](C)(c3ccc(C)cc3)C2=O)cc1. The molecule has 1 aliphatic heterocycles. The molecular weight excluding hydrogens is 460 g/mol. The Morgan fingerprint density at radius 1 is 0.944 bits per heavy atom. The molecule has 5 amide bonds. The molecule has 0 aromatic heterocycles. The van der Waals surface area contributed by atoms with E-state index >= 15 is 0 Å². The highest BCUT2D eigenvalue weighted by Crippen LogP contribution is 2.29. The number of carbonyl (C=O) groups excluding carboxylic acids is 4. The van der Waals surface area contributed by atoms with Crippen molar-refractivity contribution in [2.75, 3.05) is 24.3 Å². The van der Waals surface area contributed by atoms with E-state index in [1.54, 1.807) is 67.6 Å². The van der Waals surface area contributed by atoms with Crippen LogP contribution in [0.4, 0.5) is 16.2 Å². The smallest absolute Gasteiger partial charge is 0.325 e. The molecule has 1 aliphatic rings. The Hall–Kier alpha value is -4.66. The number of rotatable bonds is 7. The molecule has 0 aliphatic carbocycles. The van der Waals surface area contributed by atoms with Crippen molar-refractivity contribution in [2.45, 2.75) is 19.4 Å². The highest BCUT2D eigenvalue weighted by molar-refractivity contribution is 6.10. The lowest BCUT2D eigenvalue weighted by molar-refractivity contribution is -0.133. The second-order valence-corrected chi connectivity index (χ2v) is 8.59. The van der Waals surface area contributed by atoms with Gasteiger partial charge in [0.05, 0.1) is 12.8 Å². The van der Waals surface area contributed by atoms with Crippen LogP contribution in [0.5, 0.6) is 5.75 Å². The molecule has 0 radical (unpaired) electrons. The lowest BCUT2D eigenvalue weighted by atomic mass is 9.91. The second-order valence-electron chi connectivity index (χ2n) is 8.59. The van der Waals surface area contributed by atoms with Gasteiger partial charge in [0.25, 0.3) is 11.8 Å². The van der Waals surface area contributed by atoms with Crippen LogP contribution in [-0.4, -0.2) is 42.3 Å². The van der Waals surface area contributed by atoms with Crippen LogP contribution in [0.15, 0.2) is 72.8 Å². The summed E-state index contributed by atoms with van der Waals surface area (Å²) in [6.07, 6.45) is 0. The summed E-state index contributed by atoms with van der Waals surface area (Å²) in [6, 6.07) is 19.9. The molecule has 1 fully saturated rings. The van der Waals surface area contributed by atoms with E-state index in [0.717, 1.165) is 10.5 Å². The standard InChI is InChI=1S/C27H26N4O5/c1-17-8-12-19(13-9-17)27(2)25(34)31(26(35)30-27)16-23(32)28-20-14-10-18(11-15-20)24(33)29-21-6-4-5-7-22(21)36-3/h4-15H,16H2,1-3H3,(H,28,32)(H,29,33)(H,30,35)/t27-/m1/s1. The molecule has 1 atom stereocenters. The number of methoxy groups -OCH3 is 1. The molecule has 36 heavy (non-hydrogen) atoms. The molecule has 3 aromatic rings. The topological polar surface area (TPSA) is 117 Å². The zero-order valence-corrected chi connectivity index (χ0v) is 20.1. The third-order valence-electron chi connectivity index (χ3n) is 5.99. The maximum absolute atomic E-state index is 13.0. The van der Waals surface area contributed by atoms with Crippen LogP contribution in [-0.2, 0) is 15.1 Å². The van der Waals surface area contributed by atoms with Gasteiger partial charge in [0.2, 0.25) is 5.91 Å². The zero-order chi connectivity index (χ0) is 25.9. The minimum atomic E-state index is -1.25. The van der Waals surface area contributed by atoms with Crippen LogP contribution in [0.1, 0.15) is 28.4 Å². The third kappa shape index (κ3) is 4.90. The number of hydrogen-bond donors (Lipinski definition) is 3. The molecule has 184 valence electrons. The molecule has 0 unspecified atom stereocenters. The lowest BCUT2D eigenvalue weighted by Crippen LogP contribution is -2.42. The van der Waals surface area contributed by atoms with Gasteiger partial charge in [0.1, 0.15) is 17.8 Å². The van der Waals surface area contributed by atoms with Crippen molar-refractivity contribution < 1.29 is 23.9 Å². The Labute approximate surface area is 208 Å². The van der Waals surface area contributed by atoms with E-state index in [-0.39, 0.29) is 5.91 Å². The number of carbonyl (C=O) groups is 4. The predicted octanol–water partition coefficient (Wildman–Crippen LogP) is 3.66. The number of ether oxygens (including phenoxy) is 1. The normalized spacial score (nSPS) is 16.9. The van der Waals surface area contributed by atoms with Gasteiger partial charge in [-0.05, 0) is 55.8 Å². The summed E-state index contributed by atoms with van der Waals surface area (Å²) in [5.41, 5.74) is 1.74. The fourth-order valence-electron chi connectivity index (χ4n) is 3.91. The number of amides is 5. The lowest BCUT2D eigenvalue weighted by Gasteiger charge is -2.22. The van der Waals surface area contributed by atoms with Gasteiger partial charge in [-0.1, -0.05) is 42.0 Å². The summed E-state index contributed by atoms with van der Waals surface area (Å²) < 4.78 is 5.24. The van der Waals surface area contributed by atoms with Crippen molar-refractivity contribution in [1.29, 1.82) is 0 Å². The summed E-state index contributed by atoms with van der Waals surface area (Å²) in [6.45, 7) is 3.10. The minimum absolute atomic E-state index is 0.341. The van der Waals surface area contributed by atoms with Crippen molar-refractivity contribution in [2.24, 2.45) is 0 Å². The van der Waals surface area contributed by atoms with E-state index in [4.69, 9.17) is 4.74 Å². The van der Waals surface area contributed by atoms with Crippen molar-refractivity contribution in [3.63, 3.8) is 0 Å². The van der Waals surface area contributed by atoms with Crippen LogP contribution in [0.2, 0.25) is 0 Å². The first-order chi connectivity index (χ1) is 17.2. The maximum atomic E-state index is 13.0. The number of nitrogens with one attached hydrogen (secondary N) is 3. The maximum Gasteiger partial charge on any atom is 0.325 e. The van der Waals surface area contributed by atoms with Gasteiger partial charge < -0.3 is 20.7 Å². The number of imide groups is 1. The molecular formula is C27H26N4O5. The largest absolute Gasteiger partial charge is 0.495 e. The third-order valence-corrected chi connectivity index (χ3v) is 5.99. The number of nitrogens with zero attached hydrogens (tertiary/aromatic N) is 1. The molecule has 1 saturated heterocycles. The zero-order valence-electron chi connectivity index (χ0n) is 20.1. The molecule has 3 aromatic carbocycles. The Morgan fingerprint density at radius 3 is 2.28 bits per heavy atom. The van der Waals surface area contributed by atoms with E-state index < -0.39 is 29.9 Å². The van der Waals surface area contributed by atoms with Crippen molar-refractivity contribution >= 4 is 35.1 Å². The van der Waals surface area contributed by atoms with Crippen molar-refractivity contribution in [3.8, 4) is 5.75 Å². The minimum Gasteiger partial charge on any atom is -0.495 e. The summed E-state index contributed by atoms with van der Waals surface area (Å²) in [4.78, 5) is 51.6. The first-order valence-corrected chi connectivity index (χ1v) is 11.3. The number of urea groups is 1. The fourth-order valence-corrected chi connectivity index (χ4v) is 3.91. The molecule has 0 saturated carbocycles. The van der Waals surface area contributed by atoms with Gasteiger partial charge in [-0.25, -0.2) is 4.79 Å². The van der Waals surface area contributed by atoms with E-state index in [2.05, 4.69) is 16.0 Å². The molecule has 1 heterocycles. The number of benzene rings is 3. The van der Waals surface area contributed by atoms with E-state index in [9.17, 15) is 19.2 Å². The van der Waals surface area contributed by atoms with Crippen molar-refractivity contribution in [3.05, 3.63) is 89.5 Å². The summed E-state index contributed by atoms with van der Waals surface area (Å²) in [5, 5.41) is 8.12. The van der Waals surface area contributed by atoms with Crippen LogP contribution in [0.25, 0.3) is 0 Å². The Kier molecular flexibility index (Phi) is 6.73. The fraction of sp³-hybridized carbons (Fsp3) is 0.185. The number of aryl methyl sites for hydroxylation is 1. The molecule has 0 bridgehead atoms. The molecule has 9 nitrogen and oxygen atoms in total. The Balaban J connectivity index is 1.38. The Bertz CT molecular complexity index is 1320. The number of hydrogen-bond acceptors (Lipinski definition) is 5. The quantitative estimate of drug-likeness (QED) is 0.441. The van der Waals surface area contributed by atoms with E-state index in [1.807, 2.05) is 19.1 Å². The van der Waals surface area contributed by atoms with Gasteiger partial charge in [-0.2, -0.15) is 0 Å². The predicted molar refractivity (Wildman–Crippen MR) is 135 cm³/mol. The number of para-hydroxylation sites is 2. The number of anilines is 2. The second kappa shape index (κ2) is 9.91. The van der Waals surface area contributed by atoms with Crippen LogP contribution >= 0.6 is 0 Å². The first-order valence-electron chi connectivity index (χ1n) is 11.3. The average molecular weight is 487 g/mol.